The largest absolute Gasteiger partial charge is 0.497 e. The second kappa shape index (κ2) is 3.80. The lowest BCUT2D eigenvalue weighted by Crippen LogP contribution is -2.30. The van der Waals surface area contributed by atoms with Gasteiger partial charge in [0.05, 0.1) is 7.11 Å². The molecule has 0 saturated carbocycles. The third-order valence-corrected chi connectivity index (χ3v) is 1.81. The predicted molar refractivity (Wildman–Crippen MR) is 47.8 cm³/mol. The number of hydrogen-bond acceptors (Lipinski definition) is 3. The minimum absolute atomic E-state index is 0.275. The van der Waals surface area contributed by atoms with Gasteiger partial charge in [-0.25, -0.2) is 0 Å². The summed E-state index contributed by atoms with van der Waals surface area (Å²) in [6.07, 6.45) is 0. The van der Waals surface area contributed by atoms with Crippen LogP contribution in [-0.2, 0) is 0 Å². The molecule has 2 N–H and O–H groups in total. The van der Waals surface area contributed by atoms with Crippen molar-refractivity contribution in [1.29, 1.82) is 0 Å². The van der Waals surface area contributed by atoms with E-state index in [0.717, 1.165) is 0 Å². The Morgan fingerprint density at radius 1 is 1.42 bits per heavy atom. The molecule has 0 radical (unpaired) electrons. The third kappa shape index (κ3) is 1.91. The van der Waals surface area contributed by atoms with Gasteiger partial charge in [-0.2, -0.15) is 0 Å². The minimum Gasteiger partial charge on any atom is -0.497 e. The molecule has 0 unspecified atom stereocenters. The van der Waals surface area contributed by atoms with Gasteiger partial charge in [0.25, 0.3) is 0 Å². The number of hydrogen-bond donors (Lipinski definition) is 2. The van der Waals surface area contributed by atoms with E-state index >= 15 is 0 Å². The van der Waals surface area contributed by atoms with E-state index in [9.17, 15) is 0 Å². The summed E-state index contributed by atoms with van der Waals surface area (Å²) in [4.78, 5) is 0. The maximum Gasteiger partial charge on any atom is 0.489 e. The van der Waals surface area contributed by atoms with Crippen molar-refractivity contribution in [3.63, 3.8) is 0 Å². The number of ether oxygens (including phenoxy) is 1. The fourth-order valence-corrected chi connectivity index (χ4v) is 1.11. The van der Waals surface area contributed by atoms with Crippen molar-refractivity contribution in [2.75, 3.05) is 7.11 Å². The Bertz CT molecular complexity index is 277. The number of halogens is 1. The Labute approximate surface area is 75.7 Å². The van der Waals surface area contributed by atoms with Gasteiger partial charge in [-0.1, -0.05) is 17.7 Å². The smallest absolute Gasteiger partial charge is 0.489 e. The average molecular weight is 186 g/mol. The lowest BCUT2D eigenvalue weighted by Gasteiger charge is -2.04. The molecular weight excluding hydrogens is 178 g/mol. The van der Waals surface area contributed by atoms with E-state index in [4.69, 9.17) is 26.4 Å². The van der Waals surface area contributed by atoms with E-state index in [1.54, 1.807) is 6.07 Å². The molecule has 1 rings (SSSR count). The van der Waals surface area contributed by atoms with Crippen LogP contribution in [0.3, 0.4) is 0 Å². The highest BCUT2D eigenvalue weighted by Gasteiger charge is 2.14. The Kier molecular flexibility index (Phi) is 2.97. The Morgan fingerprint density at radius 3 is 2.50 bits per heavy atom. The lowest BCUT2D eigenvalue weighted by atomic mass is 9.80. The number of methoxy groups -OCH3 is 1. The zero-order chi connectivity index (χ0) is 9.14. The lowest BCUT2D eigenvalue weighted by molar-refractivity contribution is 0.414. The van der Waals surface area contributed by atoms with Crippen LogP contribution in [0.5, 0.6) is 5.75 Å². The zero-order valence-electron chi connectivity index (χ0n) is 6.49. The van der Waals surface area contributed by atoms with E-state index in [1.807, 2.05) is 0 Å². The molecule has 0 amide bonds. The first-order valence-corrected chi connectivity index (χ1v) is 3.72. The van der Waals surface area contributed by atoms with Gasteiger partial charge in [0.15, 0.2) is 0 Å². The summed E-state index contributed by atoms with van der Waals surface area (Å²) in [5.74, 6) is 0.587. The molecule has 3 nitrogen and oxygen atoms in total. The van der Waals surface area contributed by atoms with Crippen molar-refractivity contribution in [2.45, 2.75) is 0 Å². The van der Waals surface area contributed by atoms with Gasteiger partial charge >= 0.3 is 7.12 Å². The monoisotopic (exact) mass is 186 g/mol. The van der Waals surface area contributed by atoms with E-state index in [2.05, 4.69) is 0 Å². The van der Waals surface area contributed by atoms with Crippen molar-refractivity contribution < 1.29 is 14.8 Å². The summed E-state index contributed by atoms with van der Waals surface area (Å²) >= 11 is 5.70. The minimum atomic E-state index is -1.54. The van der Waals surface area contributed by atoms with E-state index in [1.165, 1.54) is 19.2 Å². The summed E-state index contributed by atoms with van der Waals surface area (Å²) in [5.41, 5.74) is 0.275. The summed E-state index contributed by atoms with van der Waals surface area (Å²) in [5, 5.41) is 17.9. The molecule has 64 valence electrons. The molecule has 0 atom stereocenters. The third-order valence-electron chi connectivity index (χ3n) is 1.49. The highest BCUT2D eigenvalue weighted by molar-refractivity contribution is 6.62. The van der Waals surface area contributed by atoms with Crippen molar-refractivity contribution in [2.24, 2.45) is 0 Å². The second-order valence-corrected chi connectivity index (χ2v) is 2.67. The molecule has 1 aromatic carbocycles. The molecule has 12 heavy (non-hydrogen) atoms. The Balaban J connectivity index is 3.03. The number of benzene rings is 1. The fraction of sp³-hybridized carbons (Fsp3) is 0.143. The molecule has 0 aliphatic heterocycles. The molecule has 0 aliphatic carbocycles. The number of rotatable bonds is 2. The van der Waals surface area contributed by atoms with Gasteiger partial charge in [0.1, 0.15) is 5.75 Å². The van der Waals surface area contributed by atoms with E-state index in [-0.39, 0.29) is 10.5 Å². The van der Waals surface area contributed by atoms with Gasteiger partial charge in [-0.05, 0) is 12.1 Å². The van der Waals surface area contributed by atoms with E-state index in [0.29, 0.717) is 5.75 Å². The summed E-state index contributed by atoms with van der Waals surface area (Å²) in [6.45, 7) is 0. The van der Waals surface area contributed by atoms with Gasteiger partial charge in [-0.15, -0.1) is 0 Å². The van der Waals surface area contributed by atoms with Crippen molar-refractivity contribution >= 4 is 24.2 Å². The molecule has 0 aliphatic rings. The first-order valence-electron chi connectivity index (χ1n) is 3.34. The first kappa shape index (κ1) is 9.38. The molecule has 0 spiro atoms. The molecule has 0 fully saturated rings. The average Bonchev–Trinajstić information content (AvgIpc) is 2.03. The molecule has 0 heterocycles. The zero-order valence-corrected chi connectivity index (χ0v) is 7.25. The molecule has 0 bridgehead atoms. The van der Waals surface area contributed by atoms with Crippen molar-refractivity contribution in [3.8, 4) is 5.75 Å². The Morgan fingerprint density at radius 2 is 2.08 bits per heavy atom. The maximum atomic E-state index is 8.80. The molecule has 0 saturated heterocycles. The highest BCUT2D eigenvalue weighted by atomic mass is 35.5. The van der Waals surface area contributed by atoms with Crippen LogP contribution in [0.15, 0.2) is 18.2 Å². The maximum absolute atomic E-state index is 8.80. The predicted octanol–water partition coefficient (Wildman–Crippen LogP) is 0.0284. The molecular formula is C7H8BClO3. The molecule has 0 aromatic heterocycles. The van der Waals surface area contributed by atoms with Crippen LogP contribution in [0.1, 0.15) is 0 Å². The second-order valence-electron chi connectivity index (χ2n) is 2.26. The highest BCUT2D eigenvalue weighted by Crippen LogP contribution is 2.15. The van der Waals surface area contributed by atoms with Crippen molar-refractivity contribution in [3.05, 3.63) is 23.2 Å². The van der Waals surface area contributed by atoms with Gasteiger partial charge in [0.2, 0.25) is 0 Å². The van der Waals surface area contributed by atoms with Gasteiger partial charge < -0.3 is 14.8 Å². The first-order chi connectivity index (χ1) is 5.65. The van der Waals surface area contributed by atoms with Crippen LogP contribution in [0.25, 0.3) is 0 Å². The van der Waals surface area contributed by atoms with E-state index < -0.39 is 7.12 Å². The van der Waals surface area contributed by atoms with Crippen LogP contribution < -0.4 is 10.2 Å². The van der Waals surface area contributed by atoms with Crippen LogP contribution in [0, 0.1) is 0 Å². The molecule has 1 aromatic rings. The van der Waals surface area contributed by atoms with Crippen LogP contribution in [-0.4, -0.2) is 24.3 Å². The molecule has 5 heteroatoms. The fourth-order valence-electron chi connectivity index (χ4n) is 0.844. The van der Waals surface area contributed by atoms with Crippen LogP contribution in [0.2, 0.25) is 5.02 Å². The van der Waals surface area contributed by atoms with Crippen molar-refractivity contribution in [1.82, 2.24) is 0 Å². The summed E-state index contributed by atoms with van der Waals surface area (Å²) in [6, 6.07) is 4.64. The topological polar surface area (TPSA) is 49.7 Å². The van der Waals surface area contributed by atoms with Gasteiger partial charge in [0, 0.05) is 10.5 Å². The summed E-state index contributed by atoms with van der Waals surface area (Å²) in [7, 11) is -0.0239. The quantitative estimate of drug-likeness (QED) is 0.641. The van der Waals surface area contributed by atoms with Crippen LogP contribution >= 0.6 is 11.6 Å². The summed E-state index contributed by atoms with van der Waals surface area (Å²) < 4.78 is 4.88. The van der Waals surface area contributed by atoms with Gasteiger partial charge in [-0.3, -0.25) is 0 Å². The standard InChI is InChI=1S/C7H8BClO3/c1-12-5-2-3-6(8(10)11)7(9)4-5/h2-4,10-11H,1H3. The SMILES string of the molecule is COc1ccc(B(O)O)c(Cl)c1. The normalized spacial score (nSPS) is 9.67. The Hall–Kier alpha value is -0.705. The van der Waals surface area contributed by atoms with Crippen LogP contribution in [0.4, 0.5) is 0 Å².